The van der Waals surface area contributed by atoms with Crippen molar-refractivity contribution in [2.24, 2.45) is 29.4 Å². The molecule has 9 heteroatoms. The standard InChI is InChI=1S/C28H43NO8/c1-9-17(5)24(30)36-22-12-11-21(13-23(22)37-25(31)18(6)10-2)15-28(29,27(33)34)14-19(7)35-26(32)20(8)16(3)4/h11-13,16-20H,9-10,14-15,29H2,1-8H3,(H,33,34)/t17?,18?,19-,20?,28?/m0/s1. The Morgan fingerprint density at radius 1 is 0.865 bits per heavy atom. The summed E-state index contributed by atoms with van der Waals surface area (Å²) in [6.45, 7) is 14.3. The minimum Gasteiger partial charge on any atom is -0.480 e. The van der Waals surface area contributed by atoms with Gasteiger partial charge < -0.3 is 25.1 Å². The topological polar surface area (TPSA) is 142 Å². The zero-order chi connectivity index (χ0) is 28.5. The van der Waals surface area contributed by atoms with Crippen LogP contribution in [0.4, 0.5) is 0 Å². The van der Waals surface area contributed by atoms with Gasteiger partial charge in [-0.15, -0.1) is 0 Å². The molecule has 0 aromatic heterocycles. The van der Waals surface area contributed by atoms with E-state index in [1.165, 1.54) is 12.1 Å². The van der Waals surface area contributed by atoms with Crippen molar-refractivity contribution >= 4 is 23.9 Å². The number of carbonyl (C=O) groups is 4. The first kappa shape index (κ1) is 32.1. The fourth-order valence-corrected chi connectivity index (χ4v) is 3.31. The molecule has 9 nitrogen and oxygen atoms in total. The number of hydrogen-bond donors (Lipinski definition) is 2. The Kier molecular flexibility index (Phi) is 12.2. The Labute approximate surface area is 220 Å². The van der Waals surface area contributed by atoms with Crippen molar-refractivity contribution in [3.63, 3.8) is 0 Å². The molecule has 0 aliphatic carbocycles. The summed E-state index contributed by atoms with van der Waals surface area (Å²) >= 11 is 0. The van der Waals surface area contributed by atoms with Gasteiger partial charge in [-0.3, -0.25) is 19.2 Å². The molecule has 0 aliphatic heterocycles. The summed E-state index contributed by atoms with van der Waals surface area (Å²) in [5.41, 5.74) is 4.98. The molecule has 1 aromatic rings. The van der Waals surface area contributed by atoms with Gasteiger partial charge in [-0.25, -0.2) is 0 Å². The van der Waals surface area contributed by atoms with Crippen molar-refractivity contribution in [3.05, 3.63) is 23.8 Å². The maximum Gasteiger partial charge on any atom is 0.324 e. The Bertz CT molecular complexity index is 960. The highest BCUT2D eigenvalue weighted by molar-refractivity contribution is 5.80. The van der Waals surface area contributed by atoms with Crippen LogP contribution in [0.1, 0.15) is 80.2 Å². The van der Waals surface area contributed by atoms with E-state index in [1.54, 1.807) is 33.8 Å². The maximum atomic E-state index is 12.5. The molecule has 0 bridgehead atoms. The van der Waals surface area contributed by atoms with Gasteiger partial charge in [0.05, 0.1) is 17.8 Å². The van der Waals surface area contributed by atoms with E-state index in [0.29, 0.717) is 18.4 Å². The number of carboxylic acids is 1. The first-order chi connectivity index (χ1) is 17.1. The smallest absolute Gasteiger partial charge is 0.324 e. The van der Waals surface area contributed by atoms with E-state index >= 15 is 0 Å². The van der Waals surface area contributed by atoms with Gasteiger partial charge in [0, 0.05) is 12.8 Å². The van der Waals surface area contributed by atoms with Gasteiger partial charge in [0.15, 0.2) is 11.5 Å². The summed E-state index contributed by atoms with van der Waals surface area (Å²) < 4.78 is 16.5. The number of carbonyl (C=O) groups excluding carboxylic acids is 3. The molecule has 0 fully saturated rings. The lowest BCUT2D eigenvalue weighted by Gasteiger charge is -2.29. The summed E-state index contributed by atoms with van der Waals surface area (Å²) in [4.78, 5) is 49.4. The monoisotopic (exact) mass is 521 g/mol. The Morgan fingerprint density at radius 3 is 1.84 bits per heavy atom. The number of carboxylic acid groups (broad SMARTS) is 1. The number of rotatable bonds is 14. The molecule has 1 rings (SSSR count). The molecule has 0 spiro atoms. The molecule has 3 N–H and O–H groups in total. The van der Waals surface area contributed by atoms with Crippen LogP contribution in [0.2, 0.25) is 0 Å². The Morgan fingerprint density at radius 2 is 1.38 bits per heavy atom. The van der Waals surface area contributed by atoms with Crippen LogP contribution in [0.25, 0.3) is 0 Å². The van der Waals surface area contributed by atoms with Crippen LogP contribution < -0.4 is 15.2 Å². The molecular weight excluding hydrogens is 478 g/mol. The summed E-state index contributed by atoms with van der Waals surface area (Å²) in [7, 11) is 0. The van der Waals surface area contributed by atoms with Crippen molar-refractivity contribution in [3.8, 4) is 11.5 Å². The molecule has 0 radical (unpaired) electrons. The van der Waals surface area contributed by atoms with Crippen molar-refractivity contribution in [2.75, 3.05) is 0 Å². The fraction of sp³-hybridized carbons (Fsp3) is 0.643. The Balaban J connectivity index is 3.24. The van der Waals surface area contributed by atoms with Gasteiger partial charge in [-0.05, 0) is 43.4 Å². The first-order valence-electron chi connectivity index (χ1n) is 12.9. The van der Waals surface area contributed by atoms with Crippen molar-refractivity contribution < 1.29 is 38.5 Å². The highest BCUT2D eigenvalue weighted by Crippen LogP contribution is 2.32. The number of hydrogen-bond acceptors (Lipinski definition) is 8. The van der Waals surface area contributed by atoms with E-state index in [2.05, 4.69) is 0 Å². The van der Waals surface area contributed by atoms with Gasteiger partial charge in [0.2, 0.25) is 0 Å². The summed E-state index contributed by atoms with van der Waals surface area (Å²) in [6, 6.07) is 4.49. The second kappa shape index (κ2) is 14.1. The van der Waals surface area contributed by atoms with Gasteiger partial charge in [-0.2, -0.15) is 0 Å². The highest BCUT2D eigenvalue weighted by atomic mass is 16.6. The fourth-order valence-electron chi connectivity index (χ4n) is 3.31. The van der Waals surface area contributed by atoms with Crippen molar-refractivity contribution in [1.29, 1.82) is 0 Å². The third kappa shape index (κ3) is 9.46. The van der Waals surface area contributed by atoms with Gasteiger partial charge in [0.25, 0.3) is 0 Å². The molecule has 0 amide bonds. The normalized spacial score (nSPS) is 16.2. The van der Waals surface area contributed by atoms with E-state index in [1.807, 2.05) is 27.7 Å². The molecule has 37 heavy (non-hydrogen) atoms. The van der Waals surface area contributed by atoms with Crippen LogP contribution in [0.5, 0.6) is 11.5 Å². The zero-order valence-corrected chi connectivity index (χ0v) is 23.3. The maximum absolute atomic E-state index is 12.5. The van der Waals surface area contributed by atoms with E-state index in [0.717, 1.165) is 0 Å². The molecule has 0 heterocycles. The minimum absolute atomic E-state index is 0.0115. The van der Waals surface area contributed by atoms with Crippen LogP contribution >= 0.6 is 0 Å². The van der Waals surface area contributed by atoms with Gasteiger partial charge in [-0.1, -0.05) is 54.5 Å². The average Bonchev–Trinajstić information content (AvgIpc) is 2.83. The predicted molar refractivity (Wildman–Crippen MR) is 139 cm³/mol. The predicted octanol–water partition coefficient (Wildman–Crippen LogP) is 4.53. The lowest BCUT2D eigenvalue weighted by molar-refractivity contribution is -0.157. The minimum atomic E-state index is -1.77. The van der Waals surface area contributed by atoms with Crippen LogP contribution in [-0.2, 0) is 30.3 Å². The summed E-state index contributed by atoms with van der Waals surface area (Å²) in [5.74, 6) is -3.59. The quantitative estimate of drug-likeness (QED) is 0.267. The molecule has 0 saturated heterocycles. The molecule has 5 atom stereocenters. The van der Waals surface area contributed by atoms with Crippen LogP contribution in [0, 0.1) is 23.7 Å². The van der Waals surface area contributed by atoms with Crippen LogP contribution in [-0.4, -0.2) is 40.6 Å². The van der Waals surface area contributed by atoms with Crippen LogP contribution in [0.15, 0.2) is 18.2 Å². The van der Waals surface area contributed by atoms with E-state index in [9.17, 15) is 24.3 Å². The number of nitrogens with two attached hydrogens (primary N) is 1. The lowest BCUT2D eigenvalue weighted by atomic mass is 9.86. The largest absolute Gasteiger partial charge is 0.480 e. The van der Waals surface area contributed by atoms with E-state index < -0.39 is 41.4 Å². The second-order valence-corrected chi connectivity index (χ2v) is 10.4. The molecule has 0 saturated carbocycles. The van der Waals surface area contributed by atoms with Gasteiger partial charge in [0.1, 0.15) is 11.6 Å². The first-order valence-corrected chi connectivity index (χ1v) is 12.9. The Hall–Kier alpha value is -2.94. The second-order valence-electron chi connectivity index (χ2n) is 10.4. The number of esters is 3. The number of benzene rings is 1. The van der Waals surface area contributed by atoms with Crippen LogP contribution in [0.3, 0.4) is 0 Å². The SMILES string of the molecule is CCC(C)C(=O)Oc1ccc(CC(N)(C[C@H](C)OC(=O)C(C)C(C)C)C(=O)O)cc1OC(=O)C(C)CC. The highest BCUT2D eigenvalue weighted by Gasteiger charge is 2.38. The number of ether oxygens (including phenoxy) is 3. The molecule has 208 valence electrons. The summed E-state index contributed by atoms with van der Waals surface area (Å²) in [6.07, 6.45) is 0.111. The molecule has 1 aromatic carbocycles. The molecular formula is C28H43NO8. The average molecular weight is 522 g/mol. The molecule has 0 aliphatic rings. The van der Waals surface area contributed by atoms with Gasteiger partial charge >= 0.3 is 23.9 Å². The lowest BCUT2D eigenvalue weighted by Crippen LogP contribution is -2.52. The van der Waals surface area contributed by atoms with E-state index in [4.69, 9.17) is 19.9 Å². The summed E-state index contributed by atoms with van der Waals surface area (Å²) in [5, 5.41) is 9.94. The third-order valence-corrected chi connectivity index (χ3v) is 6.75. The van der Waals surface area contributed by atoms with Crippen molar-refractivity contribution in [1.82, 2.24) is 0 Å². The van der Waals surface area contributed by atoms with E-state index in [-0.39, 0.29) is 42.1 Å². The molecule has 4 unspecified atom stereocenters. The number of aliphatic carboxylic acids is 1. The third-order valence-electron chi connectivity index (χ3n) is 6.75. The zero-order valence-electron chi connectivity index (χ0n) is 23.3. The van der Waals surface area contributed by atoms with Crippen molar-refractivity contribution in [2.45, 2.75) is 92.7 Å².